The number of hydrogen-bond donors (Lipinski definition) is 0. The van der Waals surface area contributed by atoms with Crippen molar-refractivity contribution in [3.05, 3.63) is 21.8 Å². The third-order valence-corrected chi connectivity index (χ3v) is 5.03. The molecule has 0 aromatic carbocycles. The number of nitrogens with zero attached hydrogens (tertiary/aromatic N) is 3. The number of ether oxygens (including phenoxy) is 1. The summed E-state index contributed by atoms with van der Waals surface area (Å²) in [4.78, 5) is 21.0. The van der Waals surface area contributed by atoms with Crippen LogP contribution in [0.2, 0.25) is 0 Å². The summed E-state index contributed by atoms with van der Waals surface area (Å²) in [7, 11) is 0. The highest BCUT2D eigenvalue weighted by Crippen LogP contribution is 2.36. The van der Waals surface area contributed by atoms with Crippen LogP contribution in [0.3, 0.4) is 0 Å². The van der Waals surface area contributed by atoms with Crippen LogP contribution >= 0.6 is 15.9 Å². The van der Waals surface area contributed by atoms with E-state index >= 15 is 0 Å². The zero-order chi connectivity index (χ0) is 16.1. The summed E-state index contributed by atoms with van der Waals surface area (Å²) in [6.45, 7) is 10.0. The molecule has 1 aromatic rings. The van der Waals surface area contributed by atoms with Crippen LogP contribution in [0.5, 0.6) is 0 Å². The van der Waals surface area contributed by atoms with Crippen molar-refractivity contribution < 1.29 is 9.53 Å². The Morgan fingerprint density at radius 3 is 2.82 bits per heavy atom. The van der Waals surface area contributed by atoms with E-state index in [1.807, 2.05) is 31.9 Å². The topological polar surface area (TPSA) is 45.7 Å². The highest BCUT2D eigenvalue weighted by atomic mass is 79.9. The molecular formula is C16H22BrN3O2. The quantitative estimate of drug-likeness (QED) is 0.706. The molecule has 5 nitrogen and oxygen atoms in total. The Kier molecular flexibility index (Phi) is 3.83. The number of anilines is 1. The van der Waals surface area contributed by atoms with Crippen LogP contribution in [0.25, 0.3) is 0 Å². The van der Waals surface area contributed by atoms with Crippen molar-refractivity contribution in [2.75, 3.05) is 24.5 Å². The molecule has 1 atom stereocenters. The predicted molar refractivity (Wildman–Crippen MR) is 89.3 cm³/mol. The van der Waals surface area contributed by atoms with Gasteiger partial charge < -0.3 is 14.5 Å². The van der Waals surface area contributed by atoms with Gasteiger partial charge >= 0.3 is 6.09 Å². The first-order chi connectivity index (χ1) is 10.3. The number of pyridine rings is 1. The largest absolute Gasteiger partial charge is 0.444 e. The molecule has 3 heterocycles. The Bertz CT molecular complexity index is 612. The van der Waals surface area contributed by atoms with E-state index in [1.54, 1.807) is 0 Å². The zero-order valence-electron chi connectivity index (χ0n) is 13.5. The number of halogens is 1. The SMILES string of the molecule is Cc1c(Br)cnc2c1CC1CN(C(=O)OC(C)(C)C)CCN21. The monoisotopic (exact) mass is 367 g/mol. The fourth-order valence-electron chi connectivity index (χ4n) is 3.13. The fourth-order valence-corrected chi connectivity index (χ4v) is 3.47. The summed E-state index contributed by atoms with van der Waals surface area (Å²) in [6, 6.07) is 0.303. The van der Waals surface area contributed by atoms with Gasteiger partial charge in [0.25, 0.3) is 0 Å². The summed E-state index contributed by atoms with van der Waals surface area (Å²) in [5, 5.41) is 0. The molecule has 1 unspecified atom stereocenters. The lowest BCUT2D eigenvalue weighted by Gasteiger charge is -2.38. The fraction of sp³-hybridized carbons (Fsp3) is 0.625. The van der Waals surface area contributed by atoms with E-state index in [0.717, 1.165) is 23.3 Å². The molecule has 3 rings (SSSR count). The molecule has 1 aromatic heterocycles. The number of aromatic nitrogens is 1. The van der Waals surface area contributed by atoms with Crippen LogP contribution in [0, 0.1) is 6.92 Å². The maximum atomic E-state index is 12.3. The second-order valence-electron chi connectivity index (χ2n) is 7.01. The van der Waals surface area contributed by atoms with Crippen LogP contribution in [-0.4, -0.2) is 47.3 Å². The molecule has 0 radical (unpaired) electrons. The van der Waals surface area contributed by atoms with Gasteiger partial charge in [-0.1, -0.05) is 0 Å². The molecule has 0 N–H and O–H groups in total. The lowest BCUT2D eigenvalue weighted by atomic mass is 10.1. The molecule has 6 heteroatoms. The Labute approximate surface area is 139 Å². The molecule has 0 spiro atoms. The second kappa shape index (κ2) is 5.41. The van der Waals surface area contributed by atoms with Gasteiger partial charge in [-0.05, 0) is 55.6 Å². The van der Waals surface area contributed by atoms with Gasteiger partial charge in [-0.2, -0.15) is 0 Å². The van der Waals surface area contributed by atoms with E-state index in [2.05, 4.69) is 32.7 Å². The van der Waals surface area contributed by atoms with Gasteiger partial charge in [0.15, 0.2) is 0 Å². The number of rotatable bonds is 0. The normalized spacial score (nSPS) is 20.7. The highest BCUT2D eigenvalue weighted by Gasteiger charge is 2.38. The number of fused-ring (bicyclic) bond motifs is 3. The third kappa shape index (κ3) is 2.81. The minimum Gasteiger partial charge on any atom is -0.444 e. The van der Waals surface area contributed by atoms with Gasteiger partial charge in [0, 0.05) is 35.9 Å². The van der Waals surface area contributed by atoms with Crippen LogP contribution in [-0.2, 0) is 11.2 Å². The highest BCUT2D eigenvalue weighted by molar-refractivity contribution is 9.10. The Morgan fingerprint density at radius 2 is 2.14 bits per heavy atom. The van der Waals surface area contributed by atoms with Crippen molar-refractivity contribution in [1.29, 1.82) is 0 Å². The number of piperazine rings is 1. The van der Waals surface area contributed by atoms with Crippen LogP contribution < -0.4 is 4.90 Å². The minimum atomic E-state index is -0.449. The van der Waals surface area contributed by atoms with E-state index in [-0.39, 0.29) is 6.09 Å². The molecule has 22 heavy (non-hydrogen) atoms. The lowest BCUT2D eigenvalue weighted by molar-refractivity contribution is 0.0217. The van der Waals surface area contributed by atoms with Gasteiger partial charge in [0.1, 0.15) is 11.4 Å². The molecule has 0 saturated carbocycles. The average Bonchev–Trinajstić information content (AvgIpc) is 2.79. The van der Waals surface area contributed by atoms with Crippen LogP contribution in [0.15, 0.2) is 10.7 Å². The third-order valence-electron chi connectivity index (χ3n) is 4.23. The maximum absolute atomic E-state index is 12.3. The van der Waals surface area contributed by atoms with Crippen molar-refractivity contribution in [3.8, 4) is 0 Å². The molecule has 1 saturated heterocycles. The first-order valence-corrected chi connectivity index (χ1v) is 8.44. The lowest BCUT2D eigenvalue weighted by Crippen LogP contribution is -2.54. The Morgan fingerprint density at radius 1 is 1.41 bits per heavy atom. The number of carbonyl (C=O) groups excluding carboxylic acids is 1. The molecule has 2 aliphatic heterocycles. The number of carbonyl (C=O) groups is 1. The van der Waals surface area contributed by atoms with E-state index < -0.39 is 5.60 Å². The maximum Gasteiger partial charge on any atom is 0.410 e. The summed E-state index contributed by atoms with van der Waals surface area (Å²) >= 11 is 3.55. The van der Waals surface area contributed by atoms with E-state index in [9.17, 15) is 4.79 Å². The summed E-state index contributed by atoms with van der Waals surface area (Å²) in [6.07, 6.45) is 2.60. The van der Waals surface area contributed by atoms with Crippen molar-refractivity contribution >= 4 is 27.8 Å². The first kappa shape index (κ1) is 15.6. The van der Waals surface area contributed by atoms with Crippen molar-refractivity contribution in [2.45, 2.75) is 45.8 Å². The van der Waals surface area contributed by atoms with Crippen molar-refractivity contribution in [1.82, 2.24) is 9.88 Å². The van der Waals surface area contributed by atoms with Gasteiger partial charge in [-0.25, -0.2) is 9.78 Å². The minimum absolute atomic E-state index is 0.214. The standard InChI is InChI=1S/C16H22BrN3O2/c1-10-12-7-11-9-19(15(21)22-16(2,3)4)5-6-20(11)14(12)18-8-13(10)17/h8,11H,5-7,9H2,1-4H3. The summed E-state index contributed by atoms with van der Waals surface area (Å²) < 4.78 is 6.54. The molecule has 1 amide bonds. The van der Waals surface area contributed by atoms with E-state index in [0.29, 0.717) is 19.1 Å². The number of amides is 1. The van der Waals surface area contributed by atoms with Crippen LogP contribution in [0.1, 0.15) is 31.9 Å². The number of hydrogen-bond acceptors (Lipinski definition) is 4. The van der Waals surface area contributed by atoms with Gasteiger partial charge in [-0.15, -0.1) is 0 Å². The van der Waals surface area contributed by atoms with Gasteiger partial charge in [-0.3, -0.25) is 0 Å². The molecule has 1 fully saturated rings. The Hall–Kier alpha value is -1.30. The molecule has 2 aliphatic rings. The summed E-state index contributed by atoms with van der Waals surface area (Å²) in [5.74, 6) is 1.08. The van der Waals surface area contributed by atoms with Crippen molar-refractivity contribution in [3.63, 3.8) is 0 Å². The van der Waals surface area contributed by atoms with Gasteiger partial charge in [0.05, 0.1) is 6.04 Å². The van der Waals surface area contributed by atoms with Crippen molar-refractivity contribution in [2.24, 2.45) is 0 Å². The first-order valence-electron chi connectivity index (χ1n) is 7.65. The second-order valence-corrected chi connectivity index (χ2v) is 7.87. The predicted octanol–water partition coefficient (Wildman–Crippen LogP) is 3.13. The molecule has 0 bridgehead atoms. The van der Waals surface area contributed by atoms with Gasteiger partial charge in [0.2, 0.25) is 0 Å². The summed E-state index contributed by atoms with van der Waals surface area (Å²) in [5.41, 5.74) is 2.10. The zero-order valence-corrected chi connectivity index (χ0v) is 15.1. The molecule has 0 aliphatic carbocycles. The van der Waals surface area contributed by atoms with Crippen LogP contribution in [0.4, 0.5) is 10.6 Å². The average molecular weight is 368 g/mol. The smallest absolute Gasteiger partial charge is 0.410 e. The molecular weight excluding hydrogens is 346 g/mol. The molecule has 120 valence electrons. The Balaban J connectivity index is 1.75. The van der Waals surface area contributed by atoms with E-state index in [4.69, 9.17) is 4.74 Å². The van der Waals surface area contributed by atoms with E-state index in [1.165, 1.54) is 11.1 Å².